The molecule has 0 bridgehead atoms. The number of halogens is 1. The summed E-state index contributed by atoms with van der Waals surface area (Å²) in [7, 11) is 0. The molecule has 40 heavy (non-hydrogen) atoms. The van der Waals surface area contributed by atoms with Crippen LogP contribution in [0.2, 0.25) is 5.02 Å². The summed E-state index contributed by atoms with van der Waals surface area (Å²) < 4.78 is 11.4. The van der Waals surface area contributed by atoms with Gasteiger partial charge in [-0.15, -0.1) is 0 Å². The molecule has 208 valence electrons. The molecule has 1 unspecified atom stereocenters. The van der Waals surface area contributed by atoms with Gasteiger partial charge in [0.2, 0.25) is 0 Å². The van der Waals surface area contributed by atoms with Crippen molar-refractivity contribution < 1.29 is 24.2 Å². The van der Waals surface area contributed by atoms with Crippen molar-refractivity contribution in [3.8, 4) is 5.75 Å². The fourth-order valence-electron chi connectivity index (χ4n) is 5.22. The van der Waals surface area contributed by atoms with Crippen LogP contribution in [0.25, 0.3) is 5.76 Å². The number of morpholine rings is 1. The molecule has 7 nitrogen and oxygen atoms in total. The predicted molar refractivity (Wildman–Crippen MR) is 154 cm³/mol. The Morgan fingerprint density at radius 3 is 2.48 bits per heavy atom. The number of ether oxygens (including phenoxy) is 2. The zero-order chi connectivity index (χ0) is 28.1. The first-order chi connectivity index (χ1) is 19.4. The number of amides is 1. The molecule has 1 N–H and O–H groups in total. The Morgan fingerprint density at radius 2 is 1.75 bits per heavy atom. The van der Waals surface area contributed by atoms with Gasteiger partial charge >= 0.3 is 0 Å². The summed E-state index contributed by atoms with van der Waals surface area (Å²) in [5.41, 5.74) is 3.41. The molecule has 2 aliphatic rings. The Bertz CT molecular complexity index is 1400. The van der Waals surface area contributed by atoms with E-state index in [2.05, 4.69) is 4.90 Å². The standard InChI is InChI=1S/C32H33ClN2O5/c1-22-6-2-3-7-25(22)21-40-27-12-10-23(11-13-27)30(36)28-29(24-8-4-9-26(33)20-24)35(32(38)31(28)37)15-5-14-34-16-18-39-19-17-34/h2-4,6-13,20,29,36H,5,14-19,21H2,1H3. The van der Waals surface area contributed by atoms with Gasteiger partial charge in [-0.1, -0.05) is 48.0 Å². The van der Waals surface area contributed by atoms with E-state index in [1.165, 1.54) is 0 Å². The topological polar surface area (TPSA) is 79.3 Å². The van der Waals surface area contributed by atoms with Crippen LogP contribution >= 0.6 is 11.6 Å². The van der Waals surface area contributed by atoms with Crippen LogP contribution in [-0.4, -0.2) is 66.0 Å². The van der Waals surface area contributed by atoms with Crippen LogP contribution in [0.15, 0.2) is 78.4 Å². The van der Waals surface area contributed by atoms with E-state index in [-0.39, 0.29) is 11.3 Å². The molecule has 3 aromatic carbocycles. The molecule has 0 aliphatic carbocycles. The highest BCUT2D eigenvalue weighted by atomic mass is 35.5. The fourth-order valence-corrected chi connectivity index (χ4v) is 5.42. The molecule has 2 saturated heterocycles. The van der Waals surface area contributed by atoms with Crippen molar-refractivity contribution in [1.82, 2.24) is 9.80 Å². The van der Waals surface area contributed by atoms with Gasteiger partial charge in [0.05, 0.1) is 24.8 Å². The third-order valence-electron chi connectivity index (χ3n) is 7.46. The van der Waals surface area contributed by atoms with E-state index in [9.17, 15) is 14.7 Å². The van der Waals surface area contributed by atoms with Gasteiger partial charge in [0, 0.05) is 36.8 Å². The Hall–Kier alpha value is -3.65. The summed E-state index contributed by atoms with van der Waals surface area (Å²) in [5.74, 6) is -0.903. The minimum Gasteiger partial charge on any atom is -0.507 e. The van der Waals surface area contributed by atoms with Crippen molar-refractivity contribution in [2.45, 2.75) is 26.0 Å². The second-order valence-corrected chi connectivity index (χ2v) is 10.5. The van der Waals surface area contributed by atoms with Crippen LogP contribution in [0.4, 0.5) is 0 Å². The molecule has 2 fully saturated rings. The number of nitrogens with zero attached hydrogens (tertiary/aromatic N) is 2. The zero-order valence-corrected chi connectivity index (χ0v) is 23.3. The second kappa shape index (κ2) is 12.7. The summed E-state index contributed by atoms with van der Waals surface area (Å²) in [6.45, 7) is 6.71. The highest BCUT2D eigenvalue weighted by Gasteiger charge is 2.45. The molecule has 0 aromatic heterocycles. The van der Waals surface area contributed by atoms with E-state index in [0.29, 0.717) is 54.7 Å². The molecule has 0 radical (unpaired) electrons. The summed E-state index contributed by atoms with van der Waals surface area (Å²) in [6.07, 6.45) is 0.692. The molecule has 1 amide bonds. The van der Waals surface area contributed by atoms with E-state index in [1.807, 2.05) is 37.3 Å². The number of benzene rings is 3. The van der Waals surface area contributed by atoms with Crippen molar-refractivity contribution in [1.29, 1.82) is 0 Å². The highest BCUT2D eigenvalue weighted by molar-refractivity contribution is 6.46. The Balaban J connectivity index is 1.39. The Kier molecular flexibility index (Phi) is 8.85. The maximum absolute atomic E-state index is 13.3. The van der Waals surface area contributed by atoms with Crippen molar-refractivity contribution in [3.05, 3.63) is 106 Å². The van der Waals surface area contributed by atoms with Gasteiger partial charge in [-0.3, -0.25) is 14.5 Å². The molecular weight excluding hydrogens is 528 g/mol. The van der Waals surface area contributed by atoms with Gasteiger partial charge in [-0.2, -0.15) is 0 Å². The third-order valence-corrected chi connectivity index (χ3v) is 7.70. The molecule has 5 rings (SSSR count). The molecule has 2 heterocycles. The quantitative estimate of drug-likeness (QED) is 0.215. The van der Waals surface area contributed by atoms with Crippen molar-refractivity contribution >= 4 is 29.1 Å². The number of carbonyl (C=O) groups is 2. The van der Waals surface area contributed by atoms with E-state index < -0.39 is 17.7 Å². The van der Waals surface area contributed by atoms with Crippen molar-refractivity contribution in [2.24, 2.45) is 0 Å². The Morgan fingerprint density at radius 1 is 1.00 bits per heavy atom. The zero-order valence-electron chi connectivity index (χ0n) is 22.5. The van der Waals surface area contributed by atoms with E-state index in [1.54, 1.807) is 47.4 Å². The van der Waals surface area contributed by atoms with Gasteiger partial charge in [0.25, 0.3) is 11.7 Å². The summed E-state index contributed by atoms with van der Waals surface area (Å²) in [5, 5.41) is 11.9. The molecule has 2 aliphatic heterocycles. The smallest absolute Gasteiger partial charge is 0.295 e. The van der Waals surface area contributed by atoms with Crippen molar-refractivity contribution in [2.75, 3.05) is 39.4 Å². The predicted octanol–water partition coefficient (Wildman–Crippen LogP) is 5.37. The molecule has 1 atom stereocenters. The van der Waals surface area contributed by atoms with E-state index >= 15 is 0 Å². The van der Waals surface area contributed by atoms with Crippen LogP contribution < -0.4 is 4.74 Å². The number of aliphatic hydroxyl groups is 1. The number of carbonyl (C=O) groups excluding carboxylic acids is 2. The largest absolute Gasteiger partial charge is 0.507 e. The molecule has 0 saturated carbocycles. The lowest BCUT2D eigenvalue weighted by molar-refractivity contribution is -0.140. The summed E-state index contributed by atoms with van der Waals surface area (Å²) >= 11 is 6.30. The van der Waals surface area contributed by atoms with Crippen LogP contribution in [0.1, 0.15) is 34.7 Å². The average molecular weight is 561 g/mol. The monoisotopic (exact) mass is 560 g/mol. The lowest BCUT2D eigenvalue weighted by Gasteiger charge is -2.29. The summed E-state index contributed by atoms with van der Waals surface area (Å²) in [6, 6.07) is 21.3. The van der Waals surface area contributed by atoms with Gasteiger partial charge in [-0.05, 0) is 66.4 Å². The number of hydrogen-bond acceptors (Lipinski definition) is 6. The van der Waals surface area contributed by atoms with E-state index in [0.717, 1.165) is 30.8 Å². The lowest BCUT2D eigenvalue weighted by Crippen LogP contribution is -2.38. The van der Waals surface area contributed by atoms with E-state index in [4.69, 9.17) is 21.1 Å². The van der Waals surface area contributed by atoms with Gasteiger partial charge in [0.15, 0.2) is 0 Å². The number of rotatable bonds is 9. The highest BCUT2D eigenvalue weighted by Crippen LogP contribution is 2.40. The fraction of sp³-hybridized carbons (Fsp3) is 0.312. The molecular formula is C32H33ClN2O5. The summed E-state index contributed by atoms with van der Waals surface area (Å²) in [4.78, 5) is 30.4. The van der Waals surface area contributed by atoms with Crippen LogP contribution in [0.3, 0.4) is 0 Å². The molecule has 3 aromatic rings. The second-order valence-electron chi connectivity index (χ2n) is 10.1. The normalized spacial score (nSPS) is 19.2. The van der Waals surface area contributed by atoms with Gasteiger partial charge < -0.3 is 19.5 Å². The number of hydrogen-bond donors (Lipinski definition) is 1. The van der Waals surface area contributed by atoms with Crippen LogP contribution in [0, 0.1) is 6.92 Å². The number of ketones is 1. The first kappa shape index (κ1) is 27.9. The minimum absolute atomic E-state index is 0.0622. The Labute approximate surface area is 239 Å². The lowest BCUT2D eigenvalue weighted by atomic mass is 9.95. The number of aryl methyl sites for hydroxylation is 1. The number of aliphatic hydroxyl groups excluding tert-OH is 1. The first-order valence-electron chi connectivity index (χ1n) is 13.5. The maximum Gasteiger partial charge on any atom is 0.295 e. The third kappa shape index (κ3) is 6.22. The maximum atomic E-state index is 13.3. The SMILES string of the molecule is Cc1ccccc1COc1ccc(C(O)=C2C(=O)C(=O)N(CCCN3CCOCC3)C2c2cccc(Cl)c2)cc1. The first-order valence-corrected chi connectivity index (χ1v) is 13.9. The number of Topliss-reactive ketones (excluding diaryl/α,β-unsaturated/α-hetero) is 1. The van der Waals surface area contributed by atoms with Crippen LogP contribution in [0.5, 0.6) is 5.75 Å². The van der Waals surface area contributed by atoms with Gasteiger partial charge in [-0.25, -0.2) is 0 Å². The minimum atomic E-state index is -0.736. The van der Waals surface area contributed by atoms with Crippen LogP contribution in [-0.2, 0) is 20.9 Å². The average Bonchev–Trinajstić information content (AvgIpc) is 3.22. The number of likely N-dealkylation sites (tertiary alicyclic amines) is 1. The molecule has 0 spiro atoms. The van der Waals surface area contributed by atoms with Crippen molar-refractivity contribution in [3.63, 3.8) is 0 Å². The van der Waals surface area contributed by atoms with Gasteiger partial charge in [0.1, 0.15) is 18.1 Å². The molecule has 8 heteroatoms.